The van der Waals surface area contributed by atoms with Crippen LogP contribution >= 0.6 is 0 Å². The fourth-order valence-electron chi connectivity index (χ4n) is 3.50. The molecule has 3 nitrogen and oxygen atoms in total. The summed E-state index contributed by atoms with van der Waals surface area (Å²) in [5, 5.41) is 3.20. The number of hydrogen-bond acceptors (Lipinski definition) is 2. The molecule has 1 N–H and O–H groups in total. The highest BCUT2D eigenvalue weighted by Crippen LogP contribution is 2.24. The van der Waals surface area contributed by atoms with Gasteiger partial charge in [0.2, 0.25) is 5.91 Å². The third-order valence-electron chi connectivity index (χ3n) is 4.64. The molecule has 2 rings (SSSR count). The molecule has 1 atom stereocenters. The molecule has 1 fully saturated rings. The van der Waals surface area contributed by atoms with Gasteiger partial charge in [-0.05, 0) is 64.3 Å². The largest absolute Gasteiger partial charge is 0.324 e. The van der Waals surface area contributed by atoms with Gasteiger partial charge in [0, 0.05) is 5.69 Å². The predicted molar refractivity (Wildman–Crippen MR) is 93.4 cm³/mol. The van der Waals surface area contributed by atoms with Crippen LogP contribution in [0.4, 0.5) is 5.69 Å². The second kappa shape index (κ2) is 7.77. The number of piperidine rings is 1. The summed E-state index contributed by atoms with van der Waals surface area (Å²) in [5.74, 6) is 0.172. The number of carbonyl (C=O) groups excluding carboxylic acids is 1. The monoisotopic (exact) mass is 302 g/mol. The summed E-state index contributed by atoms with van der Waals surface area (Å²) in [7, 11) is 0. The van der Waals surface area contributed by atoms with Gasteiger partial charge in [-0.3, -0.25) is 9.69 Å². The van der Waals surface area contributed by atoms with E-state index in [1.165, 1.54) is 24.8 Å². The Morgan fingerprint density at radius 2 is 1.91 bits per heavy atom. The van der Waals surface area contributed by atoms with Gasteiger partial charge in [-0.1, -0.05) is 37.5 Å². The minimum absolute atomic E-state index is 0.0420. The van der Waals surface area contributed by atoms with Gasteiger partial charge < -0.3 is 5.32 Å². The molecule has 22 heavy (non-hydrogen) atoms. The fraction of sp³-hybridized carbons (Fsp3) is 0.632. The number of nitrogens with one attached hydrogen (secondary N) is 1. The van der Waals surface area contributed by atoms with Gasteiger partial charge in [-0.15, -0.1) is 0 Å². The first-order valence-electron chi connectivity index (χ1n) is 8.65. The molecule has 0 radical (unpaired) electrons. The van der Waals surface area contributed by atoms with Crippen LogP contribution in [0.2, 0.25) is 0 Å². The average Bonchev–Trinajstić information content (AvgIpc) is 2.48. The minimum atomic E-state index is 0.0420. The molecule has 0 aliphatic carbocycles. The molecule has 0 unspecified atom stereocenters. The van der Waals surface area contributed by atoms with Crippen LogP contribution in [0, 0.1) is 20.8 Å². The van der Waals surface area contributed by atoms with Crippen LogP contribution in [0.5, 0.6) is 0 Å². The van der Waals surface area contributed by atoms with Crippen LogP contribution < -0.4 is 5.32 Å². The second-order valence-electron chi connectivity index (χ2n) is 6.66. The summed E-state index contributed by atoms with van der Waals surface area (Å²) < 4.78 is 0. The number of likely N-dealkylation sites (tertiary alicyclic amines) is 1. The molecular formula is C19H30N2O. The highest BCUT2D eigenvalue weighted by molar-refractivity contribution is 5.96. The van der Waals surface area contributed by atoms with Gasteiger partial charge in [-0.2, -0.15) is 0 Å². The lowest BCUT2D eigenvalue weighted by Gasteiger charge is -2.34. The number of carbonyl (C=O) groups is 1. The Morgan fingerprint density at radius 3 is 2.55 bits per heavy atom. The number of rotatable bonds is 5. The van der Waals surface area contributed by atoms with Gasteiger partial charge in [0.25, 0.3) is 0 Å². The topological polar surface area (TPSA) is 32.3 Å². The maximum Gasteiger partial charge on any atom is 0.241 e. The van der Waals surface area contributed by atoms with Crippen molar-refractivity contribution in [2.45, 2.75) is 65.8 Å². The lowest BCUT2D eigenvalue weighted by molar-refractivity contribution is -0.122. The van der Waals surface area contributed by atoms with Crippen LogP contribution in [0.3, 0.4) is 0 Å². The number of nitrogens with zero attached hydrogens (tertiary/aromatic N) is 1. The van der Waals surface area contributed by atoms with E-state index in [1.807, 2.05) is 0 Å². The van der Waals surface area contributed by atoms with E-state index in [1.54, 1.807) is 0 Å². The quantitative estimate of drug-likeness (QED) is 0.884. The van der Waals surface area contributed by atoms with Gasteiger partial charge in [-0.25, -0.2) is 0 Å². The maximum atomic E-state index is 12.8. The zero-order chi connectivity index (χ0) is 16.1. The molecule has 0 bridgehead atoms. The molecule has 3 heteroatoms. The van der Waals surface area contributed by atoms with Crippen molar-refractivity contribution in [3.05, 3.63) is 28.8 Å². The smallest absolute Gasteiger partial charge is 0.241 e. The Kier molecular flexibility index (Phi) is 6.01. The minimum Gasteiger partial charge on any atom is -0.324 e. The molecule has 122 valence electrons. The van der Waals surface area contributed by atoms with E-state index < -0.39 is 0 Å². The zero-order valence-electron chi connectivity index (χ0n) is 14.5. The maximum absolute atomic E-state index is 12.8. The van der Waals surface area contributed by atoms with E-state index in [2.05, 4.69) is 50.0 Å². The van der Waals surface area contributed by atoms with Crippen molar-refractivity contribution < 1.29 is 4.79 Å². The zero-order valence-corrected chi connectivity index (χ0v) is 14.5. The third-order valence-corrected chi connectivity index (χ3v) is 4.64. The lowest BCUT2D eigenvalue weighted by atomic mass is 9.99. The van der Waals surface area contributed by atoms with Gasteiger partial charge in [0.1, 0.15) is 0 Å². The highest BCUT2D eigenvalue weighted by atomic mass is 16.2. The van der Waals surface area contributed by atoms with E-state index in [9.17, 15) is 4.79 Å². The molecule has 1 aliphatic rings. The average molecular weight is 302 g/mol. The van der Waals surface area contributed by atoms with Crippen molar-refractivity contribution in [2.75, 3.05) is 18.4 Å². The number of hydrogen-bond donors (Lipinski definition) is 1. The predicted octanol–water partition coefficient (Wildman–Crippen LogP) is 4.20. The van der Waals surface area contributed by atoms with Crippen molar-refractivity contribution in [3.8, 4) is 0 Å². The normalized spacial score (nSPS) is 19.2. The van der Waals surface area contributed by atoms with Crippen molar-refractivity contribution in [3.63, 3.8) is 0 Å². The van der Waals surface area contributed by atoms with Gasteiger partial charge >= 0.3 is 0 Å². The number of unbranched alkanes of at least 4 members (excludes halogenated alkanes) is 1. The van der Waals surface area contributed by atoms with Crippen molar-refractivity contribution in [1.29, 1.82) is 0 Å². The summed E-state index contributed by atoms with van der Waals surface area (Å²) in [6, 6.07) is 4.32. The molecule has 1 aromatic rings. The summed E-state index contributed by atoms with van der Waals surface area (Å²) in [6.07, 6.45) is 5.72. The molecule has 1 aromatic carbocycles. The third kappa shape index (κ3) is 4.10. The molecule has 1 amide bonds. The van der Waals surface area contributed by atoms with Crippen LogP contribution in [0.15, 0.2) is 12.1 Å². The SMILES string of the molecule is CCCCN1CCCC[C@H]1C(=O)Nc1c(C)cc(C)cc1C. The highest BCUT2D eigenvalue weighted by Gasteiger charge is 2.28. The van der Waals surface area contributed by atoms with Crippen LogP contribution in [-0.2, 0) is 4.79 Å². The first-order valence-corrected chi connectivity index (χ1v) is 8.65. The Labute approximate surface area is 135 Å². The summed E-state index contributed by atoms with van der Waals surface area (Å²) in [5.41, 5.74) is 4.55. The lowest BCUT2D eigenvalue weighted by Crippen LogP contribution is -2.47. The first kappa shape index (κ1) is 17.0. The van der Waals surface area contributed by atoms with Gasteiger partial charge in [0.15, 0.2) is 0 Å². The van der Waals surface area contributed by atoms with E-state index in [-0.39, 0.29) is 11.9 Å². The number of amides is 1. The molecule has 1 heterocycles. The second-order valence-corrected chi connectivity index (χ2v) is 6.66. The van der Waals surface area contributed by atoms with Crippen LogP contribution in [-0.4, -0.2) is 29.9 Å². The molecular weight excluding hydrogens is 272 g/mol. The number of benzene rings is 1. The number of anilines is 1. The molecule has 1 aliphatic heterocycles. The first-order chi connectivity index (χ1) is 10.5. The Morgan fingerprint density at radius 1 is 1.23 bits per heavy atom. The molecule has 1 saturated heterocycles. The molecule has 0 spiro atoms. The van der Waals surface area contributed by atoms with Crippen LogP contribution in [0.1, 0.15) is 55.7 Å². The van der Waals surface area contributed by atoms with Crippen molar-refractivity contribution >= 4 is 11.6 Å². The summed E-state index contributed by atoms with van der Waals surface area (Å²) in [4.78, 5) is 15.2. The Bertz CT molecular complexity index is 501. The Balaban J connectivity index is 2.10. The van der Waals surface area contributed by atoms with Crippen LogP contribution in [0.25, 0.3) is 0 Å². The van der Waals surface area contributed by atoms with Crippen molar-refractivity contribution in [1.82, 2.24) is 4.90 Å². The van der Waals surface area contributed by atoms with Gasteiger partial charge in [0.05, 0.1) is 6.04 Å². The molecule has 0 aromatic heterocycles. The Hall–Kier alpha value is -1.35. The fourth-order valence-corrected chi connectivity index (χ4v) is 3.50. The standard InChI is InChI=1S/C19H30N2O/c1-5-6-10-21-11-8-7-9-17(21)19(22)20-18-15(3)12-14(2)13-16(18)4/h12-13,17H,5-11H2,1-4H3,(H,20,22)/t17-/m0/s1. The van der Waals surface area contributed by atoms with E-state index in [0.29, 0.717) is 0 Å². The summed E-state index contributed by atoms with van der Waals surface area (Å²) in [6.45, 7) is 10.6. The number of aryl methyl sites for hydroxylation is 3. The summed E-state index contributed by atoms with van der Waals surface area (Å²) >= 11 is 0. The van der Waals surface area contributed by atoms with E-state index in [0.717, 1.165) is 42.7 Å². The molecule has 0 saturated carbocycles. The van der Waals surface area contributed by atoms with Crippen molar-refractivity contribution in [2.24, 2.45) is 0 Å². The van der Waals surface area contributed by atoms with E-state index >= 15 is 0 Å². The van der Waals surface area contributed by atoms with E-state index in [4.69, 9.17) is 0 Å².